The van der Waals surface area contributed by atoms with E-state index >= 15 is 0 Å². The molecule has 0 saturated carbocycles. The molecule has 3 heteroatoms. The molecule has 0 aliphatic carbocycles. The molecule has 0 fully saturated rings. The van der Waals surface area contributed by atoms with Gasteiger partial charge in [-0.15, -0.1) is 0 Å². The molecule has 0 saturated heterocycles. The van der Waals surface area contributed by atoms with Crippen molar-refractivity contribution in [2.24, 2.45) is 0 Å². The van der Waals surface area contributed by atoms with Gasteiger partial charge in [-0.1, -0.05) is 30.3 Å². The van der Waals surface area contributed by atoms with E-state index in [1.165, 1.54) is 0 Å². The van der Waals surface area contributed by atoms with Gasteiger partial charge in [0, 0.05) is 25.2 Å². The SMILES string of the molecule is CO[C@H]1C[C@H](c2ccccc2)Oc2cc(O)ccc21. The molecule has 1 aliphatic heterocycles. The van der Waals surface area contributed by atoms with E-state index in [1.54, 1.807) is 19.2 Å². The Labute approximate surface area is 112 Å². The molecule has 2 aromatic rings. The minimum absolute atomic E-state index is 0.00504. The van der Waals surface area contributed by atoms with E-state index in [0.717, 1.165) is 17.5 Å². The molecule has 0 spiro atoms. The zero-order chi connectivity index (χ0) is 13.2. The van der Waals surface area contributed by atoms with Crippen molar-refractivity contribution in [1.29, 1.82) is 0 Å². The van der Waals surface area contributed by atoms with Crippen LogP contribution in [0.1, 0.15) is 29.8 Å². The molecule has 0 aromatic heterocycles. The van der Waals surface area contributed by atoms with Crippen LogP contribution in [0.2, 0.25) is 0 Å². The number of hydrogen-bond acceptors (Lipinski definition) is 3. The second kappa shape index (κ2) is 4.94. The standard InChI is InChI=1S/C16H16O3/c1-18-15-10-14(11-5-3-2-4-6-11)19-16-9-12(17)7-8-13(15)16/h2-9,14-15,17H,10H2,1H3/t14-,15+/m1/s1. The highest BCUT2D eigenvalue weighted by atomic mass is 16.5. The Hall–Kier alpha value is -2.00. The third kappa shape index (κ3) is 2.29. The van der Waals surface area contributed by atoms with Gasteiger partial charge in [0.25, 0.3) is 0 Å². The quantitative estimate of drug-likeness (QED) is 0.892. The summed E-state index contributed by atoms with van der Waals surface area (Å²) >= 11 is 0. The fourth-order valence-corrected chi connectivity index (χ4v) is 2.51. The fraction of sp³-hybridized carbons (Fsp3) is 0.250. The van der Waals surface area contributed by atoms with Crippen molar-refractivity contribution in [3.05, 3.63) is 59.7 Å². The lowest BCUT2D eigenvalue weighted by Crippen LogP contribution is -2.20. The summed E-state index contributed by atoms with van der Waals surface area (Å²) in [6.07, 6.45) is 0.730. The van der Waals surface area contributed by atoms with Crippen molar-refractivity contribution >= 4 is 0 Å². The Kier molecular flexibility index (Phi) is 3.13. The number of benzene rings is 2. The van der Waals surface area contributed by atoms with Crippen LogP contribution in [0, 0.1) is 0 Å². The van der Waals surface area contributed by atoms with Crippen molar-refractivity contribution in [3.63, 3.8) is 0 Å². The van der Waals surface area contributed by atoms with Crippen LogP contribution in [0.25, 0.3) is 0 Å². The number of hydrogen-bond donors (Lipinski definition) is 1. The van der Waals surface area contributed by atoms with Crippen LogP contribution in [0.4, 0.5) is 0 Å². The average Bonchev–Trinajstić information content (AvgIpc) is 2.46. The van der Waals surface area contributed by atoms with Gasteiger partial charge in [-0.3, -0.25) is 0 Å². The fourth-order valence-electron chi connectivity index (χ4n) is 2.51. The lowest BCUT2D eigenvalue weighted by atomic mass is 9.95. The Morgan fingerprint density at radius 3 is 2.68 bits per heavy atom. The van der Waals surface area contributed by atoms with E-state index in [0.29, 0.717) is 5.75 Å². The van der Waals surface area contributed by atoms with Crippen molar-refractivity contribution < 1.29 is 14.6 Å². The monoisotopic (exact) mass is 256 g/mol. The molecule has 1 heterocycles. The molecule has 3 rings (SSSR count). The van der Waals surface area contributed by atoms with Crippen molar-refractivity contribution in [3.8, 4) is 11.5 Å². The van der Waals surface area contributed by atoms with Crippen LogP contribution in [-0.4, -0.2) is 12.2 Å². The molecule has 98 valence electrons. The van der Waals surface area contributed by atoms with Gasteiger partial charge in [0.2, 0.25) is 0 Å². The third-order valence-corrected chi connectivity index (χ3v) is 3.50. The highest BCUT2D eigenvalue weighted by molar-refractivity contribution is 5.43. The molecule has 0 bridgehead atoms. The summed E-state index contributed by atoms with van der Waals surface area (Å²) in [5.41, 5.74) is 2.12. The van der Waals surface area contributed by atoms with Gasteiger partial charge in [-0.25, -0.2) is 0 Å². The Morgan fingerprint density at radius 2 is 1.95 bits per heavy atom. The number of phenols is 1. The molecule has 0 radical (unpaired) electrons. The third-order valence-electron chi connectivity index (χ3n) is 3.50. The van der Waals surface area contributed by atoms with E-state index in [-0.39, 0.29) is 18.0 Å². The second-order valence-corrected chi connectivity index (χ2v) is 4.70. The number of ether oxygens (including phenoxy) is 2. The summed E-state index contributed by atoms with van der Waals surface area (Å²) in [5.74, 6) is 0.911. The number of phenolic OH excluding ortho intramolecular Hbond substituents is 1. The topological polar surface area (TPSA) is 38.7 Å². The molecule has 19 heavy (non-hydrogen) atoms. The minimum atomic E-state index is -0.0413. The first-order valence-corrected chi connectivity index (χ1v) is 6.35. The van der Waals surface area contributed by atoms with Gasteiger partial charge in [0.1, 0.15) is 17.6 Å². The summed E-state index contributed by atoms with van der Waals surface area (Å²) in [6.45, 7) is 0. The van der Waals surface area contributed by atoms with E-state index in [2.05, 4.69) is 0 Å². The first-order chi connectivity index (χ1) is 9.28. The maximum Gasteiger partial charge on any atom is 0.129 e. The zero-order valence-corrected chi connectivity index (χ0v) is 10.7. The summed E-state index contributed by atoms with van der Waals surface area (Å²) in [4.78, 5) is 0. The molecule has 0 amide bonds. The predicted octanol–water partition coefficient (Wildman–Crippen LogP) is 3.60. The highest BCUT2D eigenvalue weighted by Gasteiger charge is 2.29. The van der Waals surface area contributed by atoms with E-state index in [4.69, 9.17) is 9.47 Å². The van der Waals surface area contributed by atoms with Crippen molar-refractivity contribution in [1.82, 2.24) is 0 Å². The Bertz CT molecular complexity index is 565. The van der Waals surface area contributed by atoms with Crippen molar-refractivity contribution in [2.45, 2.75) is 18.6 Å². The molecule has 0 unspecified atom stereocenters. The average molecular weight is 256 g/mol. The van der Waals surface area contributed by atoms with E-state index in [9.17, 15) is 5.11 Å². The molecule has 2 aromatic carbocycles. The zero-order valence-electron chi connectivity index (χ0n) is 10.7. The molecule has 3 nitrogen and oxygen atoms in total. The van der Waals surface area contributed by atoms with E-state index < -0.39 is 0 Å². The van der Waals surface area contributed by atoms with Crippen LogP contribution in [0.15, 0.2) is 48.5 Å². The molecule has 2 atom stereocenters. The largest absolute Gasteiger partial charge is 0.508 e. The normalized spacial score (nSPS) is 21.5. The van der Waals surface area contributed by atoms with Gasteiger partial charge in [-0.05, 0) is 17.7 Å². The lowest BCUT2D eigenvalue weighted by Gasteiger charge is -2.31. The van der Waals surface area contributed by atoms with Crippen LogP contribution >= 0.6 is 0 Å². The van der Waals surface area contributed by atoms with Crippen LogP contribution in [0.5, 0.6) is 11.5 Å². The first kappa shape index (κ1) is 12.1. The van der Waals surface area contributed by atoms with Gasteiger partial charge in [0.05, 0.1) is 6.10 Å². The Morgan fingerprint density at radius 1 is 1.16 bits per heavy atom. The molecule has 1 N–H and O–H groups in total. The number of fused-ring (bicyclic) bond motifs is 1. The van der Waals surface area contributed by atoms with E-state index in [1.807, 2.05) is 36.4 Å². The summed E-state index contributed by atoms with van der Waals surface area (Å²) in [7, 11) is 1.70. The summed E-state index contributed by atoms with van der Waals surface area (Å²) in [5, 5.41) is 9.58. The summed E-state index contributed by atoms with van der Waals surface area (Å²) < 4.78 is 11.5. The maximum atomic E-state index is 9.58. The summed E-state index contributed by atoms with van der Waals surface area (Å²) in [6, 6.07) is 15.3. The number of methoxy groups -OCH3 is 1. The predicted molar refractivity (Wildman–Crippen MR) is 72.3 cm³/mol. The van der Waals surface area contributed by atoms with Gasteiger partial charge in [-0.2, -0.15) is 0 Å². The number of aromatic hydroxyl groups is 1. The van der Waals surface area contributed by atoms with Crippen molar-refractivity contribution in [2.75, 3.05) is 7.11 Å². The molecular weight excluding hydrogens is 240 g/mol. The lowest BCUT2D eigenvalue weighted by molar-refractivity contribution is 0.0300. The van der Waals surface area contributed by atoms with Gasteiger partial charge >= 0.3 is 0 Å². The molecular formula is C16H16O3. The van der Waals surface area contributed by atoms with Crippen LogP contribution in [-0.2, 0) is 4.74 Å². The smallest absolute Gasteiger partial charge is 0.129 e. The van der Waals surface area contributed by atoms with Gasteiger partial charge < -0.3 is 14.6 Å². The van der Waals surface area contributed by atoms with Crippen LogP contribution < -0.4 is 4.74 Å². The maximum absolute atomic E-state index is 9.58. The minimum Gasteiger partial charge on any atom is -0.508 e. The first-order valence-electron chi connectivity index (χ1n) is 6.35. The second-order valence-electron chi connectivity index (χ2n) is 4.70. The van der Waals surface area contributed by atoms with Gasteiger partial charge in [0.15, 0.2) is 0 Å². The number of rotatable bonds is 2. The Balaban J connectivity index is 1.97. The molecule has 1 aliphatic rings. The van der Waals surface area contributed by atoms with Crippen LogP contribution in [0.3, 0.4) is 0 Å². The highest BCUT2D eigenvalue weighted by Crippen LogP contribution is 2.43.